The van der Waals surface area contributed by atoms with Crippen molar-refractivity contribution in [1.82, 2.24) is 10.1 Å². The maximum atomic E-state index is 9.24. The van der Waals surface area contributed by atoms with Crippen LogP contribution in [-0.4, -0.2) is 15.2 Å². The molecule has 0 amide bonds. The Labute approximate surface area is 114 Å². The third-order valence-electron chi connectivity index (χ3n) is 3.48. The highest BCUT2D eigenvalue weighted by Gasteiger charge is 2.37. The molecule has 2 aromatic rings. The lowest BCUT2D eigenvalue weighted by molar-refractivity contribution is 0.263. The summed E-state index contributed by atoms with van der Waals surface area (Å²) < 4.78 is 5.71. The monoisotopic (exact) mass is 310 g/mol. The second-order valence-electron chi connectivity index (χ2n) is 4.76. The van der Waals surface area contributed by atoms with Crippen LogP contribution in [0.1, 0.15) is 32.2 Å². The molecule has 5 heteroatoms. The molecule has 2 rings (SSSR count). The maximum Gasteiger partial charge on any atom is 0.414 e. The van der Waals surface area contributed by atoms with Crippen LogP contribution in [0.5, 0.6) is 6.08 Å². The highest BCUT2D eigenvalue weighted by atomic mass is 79.9. The van der Waals surface area contributed by atoms with Crippen LogP contribution in [0.15, 0.2) is 33.3 Å². The van der Waals surface area contributed by atoms with Gasteiger partial charge in [0.05, 0.1) is 5.41 Å². The minimum atomic E-state index is -0.398. The molecule has 1 N–H and O–H groups in total. The Morgan fingerprint density at radius 1 is 1.28 bits per heavy atom. The van der Waals surface area contributed by atoms with Gasteiger partial charge in [-0.3, -0.25) is 4.52 Å². The van der Waals surface area contributed by atoms with E-state index in [1.54, 1.807) is 0 Å². The first-order valence-electron chi connectivity index (χ1n) is 5.73. The van der Waals surface area contributed by atoms with Crippen LogP contribution >= 0.6 is 15.9 Å². The van der Waals surface area contributed by atoms with Gasteiger partial charge < -0.3 is 5.11 Å². The van der Waals surface area contributed by atoms with E-state index in [0.29, 0.717) is 5.82 Å². The van der Waals surface area contributed by atoms with Gasteiger partial charge in [0, 0.05) is 4.47 Å². The first-order chi connectivity index (χ1) is 8.44. The summed E-state index contributed by atoms with van der Waals surface area (Å²) in [5.41, 5.74) is 0.687. The zero-order chi connectivity index (χ0) is 13.3. The number of rotatable bonds is 3. The van der Waals surface area contributed by atoms with Crippen molar-refractivity contribution in [1.29, 1.82) is 0 Å². The molecule has 0 aliphatic heterocycles. The molecular formula is C13H15BrN2O2. The predicted molar refractivity (Wildman–Crippen MR) is 71.4 cm³/mol. The van der Waals surface area contributed by atoms with Crippen molar-refractivity contribution in [2.24, 2.45) is 5.92 Å². The van der Waals surface area contributed by atoms with E-state index in [1.165, 1.54) is 0 Å². The summed E-state index contributed by atoms with van der Waals surface area (Å²) in [6, 6.07) is 8.01. The molecule has 1 heterocycles. The number of aromatic hydroxyl groups is 1. The van der Waals surface area contributed by atoms with Crippen LogP contribution in [0.2, 0.25) is 0 Å². The number of nitrogens with zero attached hydrogens (tertiary/aromatic N) is 2. The molecule has 0 aliphatic rings. The Bertz CT molecular complexity index is 536. The standard InChI is InChI=1S/C13H15BrN2O2/c1-8(2)13(3,11-15-12(17)18-16-11)9-4-6-10(14)7-5-9/h4-8H,1-3H3,(H,15,16,17). The summed E-state index contributed by atoms with van der Waals surface area (Å²) in [5.74, 6) is 0.757. The zero-order valence-electron chi connectivity index (χ0n) is 10.5. The molecule has 1 aromatic heterocycles. The molecular weight excluding hydrogens is 296 g/mol. The molecule has 1 atom stereocenters. The van der Waals surface area contributed by atoms with Crippen LogP contribution in [0.4, 0.5) is 0 Å². The third-order valence-corrected chi connectivity index (χ3v) is 4.01. The Hall–Kier alpha value is -1.36. The van der Waals surface area contributed by atoms with E-state index in [1.807, 2.05) is 31.2 Å². The fourth-order valence-electron chi connectivity index (χ4n) is 1.94. The van der Waals surface area contributed by atoms with E-state index in [9.17, 15) is 5.11 Å². The zero-order valence-corrected chi connectivity index (χ0v) is 12.1. The number of aromatic nitrogens is 2. The molecule has 0 fully saturated rings. The summed E-state index contributed by atoms with van der Waals surface area (Å²) in [5, 5.41) is 13.1. The van der Waals surface area contributed by atoms with E-state index in [0.717, 1.165) is 10.0 Å². The second kappa shape index (κ2) is 4.72. The normalized spacial score (nSPS) is 14.7. The van der Waals surface area contributed by atoms with Gasteiger partial charge in [0.1, 0.15) is 0 Å². The molecule has 1 unspecified atom stereocenters. The molecule has 0 saturated heterocycles. The van der Waals surface area contributed by atoms with Crippen molar-refractivity contribution in [2.75, 3.05) is 0 Å². The SMILES string of the molecule is CC(C)C(C)(c1ccc(Br)cc1)c1noc(O)n1. The molecule has 0 bridgehead atoms. The topological polar surface area (TPSA) is 59.2 Å². The fraction of sp³-hybridized carbons (Fsp3) is 0.385. The summed E-state index contributed by atoms with van der Waals surface area (Å²) >= 11 is 3.42. The van der Waals surface area contributed by atoms with E-state index in [4.69, 9.17) is 4.52 Å². The summed E-state index contributed by atoms with van der Waals surface area (Å²) in [7, 11) is 0. The molecule has 0 saturated carbocycles. The van der Waals surface area contributed by atoms with Crippen molar-refractivity contribution >= 4 is 15.9 Å². The Kier molecular flexibility index (Phi) is 3.43. The highest BCUT2D eigenvalue weighted by molar-refractivity contribution is 9.10. The minimum absolute atomic E-state index is 0.260. The van der Waals surface area contributed by atoms with Gasteiger partial charge in [0.2, 0.25) is 0 Å². The Morgan fingerprint density at radius 2 is 1.89 bits per heavy atom. The van der Waals surface area contributed by atoms with E-state index in [-0.39, 0.29) is 5.92 Å². The minimum Gasteiger partial charge on any atom is -0.464 e. The van der Waals surface area contributed by atoms with Gasteiger partial charge >= 0.3 is 6.08 Å². The average molecular weight is 311 g/mol. The van der Waals surface area contributed by atoms with Gasteiger partial charge in [-0.1, -0.05) is 47.1 Å². The fourth-order valence-corrected chi connectivity index (χ4v) is 2.21. The largest absolute Gasteiger partial charge is 0.464 e. The number of hydrogen-bond donors (Lipinski definition) is 1. The van der Waals surface area contributed by atoms with Gasteiger partial charge in [-0.25, -0.2) is 0 Å². The lowest BCUT2D eigenvalue weighted by Crippen LogP contribution is -2.31. The van der Waals surface area contributed by atoms with Crippen LogP contribution in [0.3, 0.4) is 0 Å². The number of halogens is 1. The first-order valence-corrected chi connectivity index (χ1v) is 6.53. The molecule has 18 heavy (non-hydrogen) atoms. The van der Waals surface area contributed by atoms with Gasteiger partial charge in [-0.2, -0.15) is 4.98 Å². The summed E-state index contributed by atoms with van der Waals surface area (Å²) in [6.07, 6.45) is -0.394. The number of hydrogen-bond acceptors (Lipinski definition) is 4. The van der Waals surface area contributed by atoms with Crippen molar-refractivity contribution in [3.8, 4) is 6.08 Å². The summed E-state index contributed by atoms with van der Waals surface area (Å²) in [6.45, 7) is 6.23. The van der Waals surface area contributed by atoms with E-state index in [2.05, 4.69) is 39.9 Å². The predicted octanol–water partition coefficient (Wildman–Crippen LogP) is 3.50. The maximum absolute atomic E-state index is 9.24. The molecule has 96 valence electrons. The molecule has 0 radical (unpaired) electrons. The smallest absolute Gasteiger partial charge is 0.414 e. The van der Waals surface area contributed by atoms with Gasteiger partial charge in [-0.15, -0.1) is 0 Å². The second-order valence-corrected chi connectivity index (χ2v) is 5.68. The van der Waals surface area contributed by atoms with Crippen LogP contribution in [-0.2, 0) is 5.41 Å². The van der Waals surface area contributed by atoms with Crippen LogP contribution in [0, 0.1) is 5.92 Å². The molecule has 0 aliphatic carbocycles. The van der Waals surface area contributed by atoms with Crippen molar-refractivity contribution < 1.29 is 9.63 Å². The average Bonchev–Trinajstić information content (AvgIpc) is 2.76. The van der Waals surface area contributed by atoms with Crippen molar-refractivity contribution in [3.05, 3.63) is 40.1 Å². The highest BCUT2D eigenvalue weighted by Crippen LogP contribution is 2.38. The van der Waals surface area contributed by atoms with E-state index >= 15 is 0 Å². The lowest BCUT2D eigenvalue weighted by atomic mass is 9.73. The van der Waals surface area contributed by atoms with Gasteiger partial charge in [-0.05, 0) is 30.5 Å². The Morgan fingerprint density at radius 3 is 2.33 bits per heavy atom. The Balaban J connectivity index is 2.54. The van der Waals surface area contributed by atoms with Crippen molar-refractivity contribution in [2.45, 2.75) is 26.2 Å². The molecule has 1 aromatic carbocycles. The number of benzene rings is 1. The summed E-state index contributed by atoms with van der Waals surface area (Å²) in [4.78, 5) is 3.97. The van der Waals surface area contributed by atoms with Gasteiger partial charge in [0.15, 0.2) is 5.82 Å². The van der Waals surface area contributed by atoms with Crippen LogP contribution in [0.25, 0.3) is 0 Å². The van der Waals surface area contributed by atoms with Crippen molar-refractivity contribution in [3.63, 3.8) is 0 Å². The first kappa shape index (κ1) is 13.1. The van der Waals surface area contributed by atoms with Gasteiger partial charge in [0.25, 0.3) is 0 Å². The lowest BCUT2D eigenvalue weighted by Gasteiger charge is -2.31. The van der Waals surface area contributed by atoms with E-state index < -0.39 is 11.5 Å². The quantitative estimate of drug-likeness (QED) is 0.942. The molecule has 4 nitrogen and oxygen atoms in total. The third kappa shape index (κ3) is 2.14. The molecule has 0 spiro atoms. The van der Waals surface area contributed by atoms with Crippen LogP contribution < -0.4 is 0 Å².